The maximum absolute atomic E-state index is 12.8. The van der Waals surface area contributed by atoms with E-state index in [1.165, 1.54) is 0 Å². The Morgan fingerprint density at radius 3 is 2.61 bits per heavy atom. The number of aromatic nitrogens is 5. The minimum absolute atomic E-state index is 0.165. The van der Waals surface area contributed by atoms with E-state index in [-0.39, 0.29) is 5.92 Å². The van der Waals surface area contributed by atoms with Crippen molar-refractivity contribution in [1.82, 2.24) is 29.9 Å². The molecule has 0 N–H and O–H groups in total. The molecule has 7 heteroatoms. The summed E-state index contributed by atoms with van der Waals surface area (Å²) in [6.45, 7) is 0. The third kappa shape index (κ3) is 3.94. The molecular weight excluding hydrogens is 352 g/mol. The van der Waals surface area contributed by atoms with Gasteiger partial charge in [-0.25, -0.2) is 0 Å². The van der Waals surface area contributed by atoms with E-state index in [9.17, 15) is 4.79 Å². The number of hydrogen-bond acceptors (Lipinski definition) is 6. The lowest BCUT2D eigenvalue weighted by atomic mass is 9.82. The average Bonchev–Trinajstić information content (AvgIpc) is 3.14. The highest BCUT2D eigenvalue weighted by molar-refractivity contribution is 5.86. The highest BCUT2D eigenvalue weighted by atomic mass is 16.1. The largest absolute Gasteiger partial charge is 0.306 e. The van der Waals surface area contributed by atoms with E-state index in [2.05, 4.69) is 39.3 Å². The number of carbonyl (C=O) groups is 1. The molecule has 0 aliphatic heterocycles. The highest BCUT2D eigenvalue weighted by Crippen LogP contribution is 2.28. The summed E-state index contributed by atoms with van der Waals surface area (Å²) in [5.74, 6) is 0.472. The molecule has 3 aromatic rings. The number of aryl methyl sites for hydroxylation is 1. The molecule has 1 saturated carbocycles. The number of nitrogens with zero attached hydrogens (tertiary/aromatic N) is 6. The molecule has 3 aromatic heterocycles. The first-order valence-electron chi connectivity index (χ1n) is 9.80. The lowest BCUT2D eigenvalue weighted by Crippen LogP contribution is -2.34. The van der Waals surface area contributed by atoms with Gasteiger partial charge in [-0.2, -0.15) is 0 Å². The molecule has 0 aromatic carbocycles. The van der Waals surface area contributed by atoms with E-state index in [0.717, 1.165) is 53.5 Å². The summed E-state index contributed by atoms with van der Waals surface area (Å²) < 4.78 is 1.67. The summed E-state index contributed by atoms with van der Waals surface area (Å²) in [6.07, 6.45) is 9.94. The van der Waals surface area contributed by atoms with Crippen molar-refractivity contribution in [3.63, 3.8) is 0 Å². The van der Waals surface area contributed by atoms with Crippen LogP contribution in [0.5, 0.6) is 0 Å². The number of hydrogen-bond donors (Lipinski definition) is 0. The second-order valence-corrected chi connectivity index (χ2v) is 7.98. The fraction of sp³-hybridized carbons (Fsp3) is 0.476. The number of pyridine rings is 2. The third-order valence-electron chi connectivity index (χ3n) is 5.76. The van der Waals surface area contributed by atoms with E-state index < -0.39 is 0 Å². The Labute approximate surface area is 164 Å². The van der Waals surface area contributed by atoms with Crippen LogP contribution in [0, 0.1) is 5.92 Å². The Morgan fingerprint density at radius 2 is 1.93 bits per heavy atom. The molecule has 4 rings (SSSR count). The fourth-order valence-corrected chi connectivity index (χ4v) is 4.03. The third-order valence-corrected chi connectivity index (χ3v) is 5.76. The first-order valence-corrected chi connectivity index (χ1v) is 9.80. The maximum atomic E-state index is 12.8. The molecule has 0 saturated heterocycles. The summed E-state index contributed by atoms with van der Waals surface area (Å²) in [5, 5.41) is 9.09. The average molecular weight is 378 g/mol. The van der Waals surface area contributed by atoms with Crippen molar-refractivity contribution in [2.45, 2.75) is 38.1 Å². The van der Waals surface area contributed by atoms with Crippen molar-refractivity contribution in [3.8, 4) is 11.3 Å². The molecule has 0 amide bonds. The topological polar surface area (TPSA) is 76.8 Å². The molecule has 1 aliphatic carbocycles. The predicted molar refractivity (Wildman–Crippen MR) is 108 cm³/mol. The molecule has 28 heavy (non-hydrogen) atoms. The number of Topliss-reactive ketones (excluding diaryl/α,β-unsaturated/α-hetero) is 1. The van der Waals surface area contributed by atoms with Gasteiger partial charge < -0.3 is 4.90 Å². The monoisotopic (exact) mass is 378 g/mol. The van der Waals surface area contributed by atoms with Gasteiger partial charge in [0.25, 0.3) is 0 Å². The number of rotatable bonds is 5. The minimum Gasteiger partial charge on any atom is -0.306 e. The van der Waals surface area contributed by atoms with Crippen molar-refractivity contribution in [1.29, 1.82) is 0 Å². The lowest BCUT2D eigenvalue weighted by molar-refractivity contribution is -0.123. The Morgan fingerprint density at radius 1 is 1.14 bits per heavy atom. The van der Waals surface area contributed by atoms with Crippen molar-refractivity contribution >= 4 is 16.7 Å². The zero-order valence-electron chi connectivity index (χ0n) is 16.7. The molecular formula is C21H26N6O. The van der Waals surface area contributed by atoms with Crippen LogP contribution in [0.15, 0.2) is 30.7 Å². The maximum Gasteiger partial charge on any atom is 0.141 e. The van der Waals surface area contributed by atoms with Crippen molar-refractivity contribution in [2.24, 2.45) is 13.0 Å². The van der Waals surface area contributed by atoms with Gasteiger partial charge in [-0.1, -0.05) is 5.21 Å². The highest BCUT2D eigenvalue weighted by Gasteiger charge is 2.27. The van der Waals surface area contributed by atoms with Crippen LogP contribution in [-0.4, -0.2) is 55.8 Å². The molecule has 3 heterocycles. The zero-order valence-corrected chi connectivity index (χ0v) is 16.7. The van der Waals surface area contributed by atoms with E-state index in [4.69, 9.17) is 0 Å². The molecule has 146 valence electrons. The lowest BCUT2D eigenvalue weighted by Gasteiger charge is -2.31. The van der Waals surface area contributed by atoms with Gasteiger partial charge in [0.2, 0.25) is 0 Å². The number of carbonyl (C=O) groups excluding carboxylic acids is 1. The van der Waals surface area contributed by atoms with Gasteiger partial charge in [0.15, 0.2) is 0 Å². The van der Waals surface area contributed by atoms with Crippen LogP contribution in [0.1, 0.15) is 31.4 Å². The summed E-state index contributed by atoms with van der Waals surface area (Å²) in [6, 6.07) is 4.61. The van der Waals surface area contributed by atoms with Crippen molar-refractivity contribution in [2.75, 3.05) is 14.1 Å². The van der Waals surface area contributed by atoms with Gasteiger partial charge in [0, 0.05) is 48.3 Å². The smallest absolute Gasteiger partial charge is 0.141 e. The van der Waals surface area contributed by atoms with Crippen LogP contribution in [0.3, 0.4) is 0 Å². The van der Waals surface area contributed by atoms with E-state index in [1.807, 2.05) is 25.4 Å². The molecule has 0 unspecified atom stereocenters. The van der Waals surface area contributed by atoms with Crippen LogP contribution in [0.25, 0.3) is 22.2 Å². The summed E-state index contributed by atoms with van der Waals surface area (Å²) in [7, 11) is 6.08. The molecule has 0 spiro atoms. The summed E-state index contributed by atoms with van der Waals surface area (Å²) in [4.78, 5) is 24.0. The Hall–Kier alpha value is -2.67. The van der Waals surface area contributed by atoms with Gasteiger partial charge in [-0.3, -0.25) is 19.4 Å². The van der Waals surface area contributed by atoms with Gasteiger partial charge in [0.1, 0.15) is 11.5 Å². The standard InChI is InChI=1S/C21H26N6O/c1-26(2)18-6-4-14(5-7-18)21(28)10-17-9-15-8-16(11-23-19(15)12-22-17)20-13-27(3)25-24-20/h8-9,11-14,18H,4-7,10H2,1-3H3. The SMILES string of the molecule is CN(C)C1CCC(C(=O)Cc2cc3cc(-c4cn(C)nn4)cnc3cn2)CC1. The number of fused-ring (bicyclic) bond motifs is 1. The minimum atomic E-state index is 0.165. The van der Waals surface area contributed by atoms with Crippen molar-refractivity contribution < 1.29 is 4.79 Å². The molecule has 7 nitrogen and oxygen atoms in total. The van der Waals surface area contributed by atoms with E-state index in [0.29, 0.717) is 18.2 Å². The molecule has 1 aliphatic rings. The van der Waals surface area contributed by atoms with Crippen LogP contribution >= 0.6 is 0 Å². The first kappa shape index (κ1) is 18.7. The second-order valence-electron chi connectivity index (χ2n) is 7.98. The van der Waals surface area contributed by atoms with Gasteiger partial charge >= 0.3 is 0 Å². The summed E-state index contributed by atoms with van der Waals surface area (Å²) >= 11 is 0. The normalized spacial score (nSPS) is 20.0. The molecule has 1 fully saturated rings. The quantitative estimate of drug-likeness (QED) is 0.679. The van der Waals surface area contributed by atoms with Gasteiger partial charge in [-0.15, -0.1) is 5.10 Å². The first-order chi connectivity index (χ1) is 13.5. The fourth-order valence-electron chi connectivity index (χ4n) is 4.03. The summed E-state index contributed by atoms with van der Waals surface area (Å²) in [5.41, 5.74) is 3.32. The Bertz CT molecular complexity index is 987. The zero-order chi connectivity index (χ0) is 19.7. The van der Waals surface area contributed by atoms with Crippen LogP contribution in [0.2, 0.25) is 0 Å². The van der Waals surface area contributed by atoms with Gasteiger partial charge in [0.05, 0.1) is 17.9 Å². The van der Waals surface area contributed by atoms with E-state index in [1.54, 1.807) is 17.1 Å². The Balaban J connectivity index is 1.49. The van der Waals surface area contributed by atoms with Crippen LogP contribution in [-0.2, 0) is 18.3 Å². The Kier molecular flexibility index (Phi) is 5.17. The second kappa shape index (κ2) is 7.75. The van der Waals surface area contributed by atoms with E-state index >= 15 is 0 Å². The number of ketones is 1. The van der Waals surface area contributed by atoms with Gasteiger partial charge in [-0.05, 0) is 51.9 Å². The van der Waals surface area contributed by atoms with Crippen LogP contribution in [0.4, 0.5) is 0 Å². The molecule has 0 radical (unpaired) electrons. The molecule has 0 bridgehead atoms. The molecule has 0 atom stereocenters. The van der Waals surface area contributed by atoms with Crippen molar-refractivity contribution in [3.05, 3.63) is 36.4 Å². The predicted octanol–water partition coefficient (Wildman–Crippen LogP) is 2.66. The van der Waals surface area contributed by atoms with Crippen LogP contribution < -0.4 is 0 Å².